The largest absolute Gasteiger partial charge is 0.355 e. The predicted octanol–water partition coefficient (Wildman–Crippen LogP) is 3.64. The molecule has 1 aromatic heterocycles. The molecule has 6 nitrogen and oxygen atoms in total. The van der Waals surface area contributed by atoms with Gasteiger partial charge in [0.2, 0.25) is 0 Å². The number of imidazole rings is 1. The van der Waals surface area contributed by atoms with Gasteiger partial charge in [0.25, 0.3) is 11.8 Å². The van der Waals surface area contributed by atoms with Crippen LogP contribution in [0.3, 0.4) is 0 Å². The van der Waals surface area contributed by atoms with Crippen LogP contribution in [0.15, 0.2) is 79.1 Å². The summed E-state index contributed by atoms with van der Waals surface area (Å²) >= 11 is 0. The summed E-state index contributed by atoms with van der Waals surface area (Å²) < 4.78 is 1.98. The molecule has 28 heavy (non-hydrogen) atoms. The van der Waals surface area contributed by atoms with Gasteiger partial charge in [-0.15, -0.1) is 0 Å². The smallest absolute Gasteiger partial charge is 0.255 e. The first kappa shape index (κ1) is 17.5. The lowest BCUT2D eigenvalue weighted by molar-refractivity contribution is 0.0962. The van der Waals surface area contributed by atoms with Crippen molar-refractivity contribution in [2.45, 2.75) is 0 Å². The van der Waals surface area contributed by atoms with E-state index in [1.54, 1.807) is 49.8 Å². The van der Waals surface area contributed by atoms with Gasteiger partial charge >= 0.3 is 0 Å². The average Bonchev–Trinajstić information content (AvgIpc) is 3.18. The summed E-state index contributed by atoms with van der Waals surface area (Å²) in [4.78, 5) is 28.5. The van der Waals surface area contributed by atoms with Gasteiger partial charge in [0.15, 0.2) is 0 Å². The van der Waals surface area contributed by atoms with Crippen molar-refractivity contribution in [3.05, 3.63) is 90.3 Å². The Kier molecular flexibility index (Phi) is 4.60. The Labute approximate surface area is 161 Å². The third kappa shape index (κ3) is 3.35. The van der Waals surface area contributed by atoms with E-state index in [9.17, 15) is 9.59 Å². The zero-order valence-corrected chi connectivity index (χ0v) is 15.2. The van der Waals surface area contributed by atoms with Gasteiger partial charge in [-0.1, -0.05) is 12.1 Å². The molecule has 2 N–H and O–H groups in total. The lowest BCUT2D eigenvalue weighted by atomic mass is 10.1. The van der Waals surface area contributed by atoms with Gasteiger partial charge in [0.05, 0.1) is 11.0 Å². The minimum atomic E-state index is -0.213. The van der Waals surface area contributed by atoms with Gasteiger partial charge in [-0.25, -0.2) is 4.98 Å². The number of fused-ring (bicyclic) bond motifs is 1. The van der Waals surface area contributed by atoms with Crippen LogP contribution >= 0.6 is 0 Å². The summed E-state index contributed by atoms with van der Waals surface area (Å²) in [5.74, 6) is -0.379. The van der Waals surface area contributed by atoms with Gasteiger partial charge < -0.3 is 10.6 Å². The van der Waals surface area contributed by atoms with E-state index >= 15 is 0 Å². The number of carbonyl (C=O) groups excluding carboxylic acids is 2. The summed E-state index contributed by atoms with van der Waals surface area (Å²) in [6, 6.07) is 22.0. The van der Waals surface area contributed by atoms with Crippen LogP contribution in [0.5, 0.6) is 0 Å². The van der Waals surface area contributed by atoms with Crippen molar-refractivity contribution in [3.8, 4) is 5.69 Å². The standard InChI is InChI=1S/C22H18N4O2/c1-23-21(27)15-6-10-17(11-7-15)25-22(28)16-8-12-18(13-9-16)26-14-24-19-4-2-3-5-20(19)26/h2-14H,1H3,(H,23,27)(H,25,28). The second-order valence-electron chi connectivity index (χ2n) is 6.26. The first-order valence-electron chi connectivity index (χ1n) is 8.82. The van der Waals surface area contributed by atoms with Gasteiger partial charge in [-0.3, -0.25) is 14.2 Å². The van der Waals surface area contributed by atoms with Crippen molar-refractivity contribution in [1.82, 2.24) is 14.9 Å². The molecule has 2 amide bonds. The van der Waals surface area contributed by atoms with Crippen molar-refractivity contribution in [1.29, 1.82) is 0 Å². The fourth-order valence-corrected chi connectivity index (χ4v) is 2.99. The highest BCUT2D eigenvalue weighted by molar-refractivity contribution is 6.04. The fourth-order valence-electron chi connectivity index (χ4n) is 2.99. The van der Waals surface area contributed by atoms with E-state index in [0.29, 0.717) is 16.8 Å². The third-order valence-corrected chi connectivity index (χ3v) is 4.49. The Hall–Kier alpha value is -3.93. The van der Waals surface area contributed by atoms with Crippen LogP contribution in [0.4, 0.5) is 5.69 Å². The molecule has 3 aromatic carbocycles. The van der Waals surface area contributed by atoms with Crippen molar-refractivity contribution in [2.24, 2.45) is 0 Å². The Bertz CT molecular complexity index is 1150. The van der Waals surface area contributed by atoms with Crippen LogP contribution in [0.25, 0.3) is 16.7 Å². The average molecular weight is 370 g/mol. The molecule has 0 saturated heterocycles. The number of para-hydroxylation sites is 2. The molecule has 0 radical (unpaired) electrons. The molecule has 6 heteroatoms. The Morgan fingerprint density at radius 3 is 2.18 bits per heavy atom. The summed E-state index contributed by atoms with van der Waals surface area (Å²) in [5, 5.41) is 5.40. The Morgan fingerprint density at radius 2 is 1.46 bits per heavy atom. The van der Waals surface area contributed by atoms with Crippen LogP contribution < -0.4 is 10.6 Å². The molecule has 0 unspecified atom stereocenters. The molecule has 1 heterocycles. The molecule has 0 aliphatic rings. The van der Waals surface area contributed by atoms with Gasteiger partial charge in [-0.2, -0.15) is 0 Å². The van der Waals surface area contributed by atoms with Crippen LogP contribution in [0.1, 0.15) is 20.7 Å². The monoisotopic (exact) mass is 370 g/mol. The minimum Gasteiger partial charge on any atom is -0.355 e. The maximum absolute atomic E-state index is 12.5. The van der Waals surface area contributed by atoms with Gasteiger partial charge in [-0.05, 0) is 60.7 Å². The molecular formula is C22H18N4O2. The van der Waals surface area contributed by atoms with Crippen molar-refractivity contribution in [2.75, 3.05) is 12.4 Å². The van der Waals surface area contributed by atoms with E-state index in [1.807, 2.05) is 41.0 Å². The Morgan fingerprint density at radius 1 is 0.821 bits per heavy atom. The molecule has 0 saturated carbocycles. The van der Waals surface area contributed by atoms with Crippen LogP contribution in [-0.4, -0.2) is 28.4 Å². The van der Waals surface area contributed by atoms with Crippen molar-refractivity contribution in [3.63, 3.8) is 0 Å². The third-order valence-electron chi connectivity index (χ3n) is 4.49. The number of benzene rings is 3. The van der Waals surface area contributed by atoms with E-state index in [-0.39, 0.29) is 11.8 Å². The van der Waals surface area contributed by atoms with Crippen LogP contribution in [-0.2, 0) is 0 Å². The molecule has 0 aliphatic heterocycles. The second kappa shape index (κ2) is 7.36. The predicted molar refractivity (Wildman–Crippen MR) is 109 cm³/mol. The fraction of sp³-hybridized carbons (Fsp3) is 0.0455. The number of anilines is 1. The molecule has 0 bridgehead atoms. The zero-order valence-electron chi connectivity index (χ0n) is 15.2. The molecule has 0 spiro atoms. The van der Waals surface area contributed by atoms with Gasteiger partial charge in [0, 0.05) is 29.5 Å². The normalized spacial score (nSPS) is 10.6. The summed E-state index contributed by atoms with van der Waals surface area (Å²) in [5.41, 5.74) is 4.57. The highest BCUT2D eigenvalue weighted by Gasteiger charge is 2.09. The highest BCUT2D eigenvalue weighted by Crippen LogP contribution is 2.19. The van der Waals surface area contributed by atoms with E-state index in [1.165, 1.54) is 0 Å². The zero-order chi connectivity index (χ0) is 19.5. The molecular weight excluding hydrogens is 352 g/mol. The van der Waals surface area contributed by atoms with Gasteiger partial charge in [0.1, 0.15) is 6.33 Å². The topological polar surface area (TPSA) is 76.0 Å². The van der Waals surface area contributed by atoms with E-state index < -0.39 is 0 Å². The quantitative estimate of drug-likeness (QED) is 0.576. The van der Waals surface area contributed by atoms with Crippen LogP contribution in [0.2, 0.25) is 0 Å². The highest BCUT2D eigenvalue weighted by atomic mass is 16.2. The van der Waals surface area contributed by atoms with Crippen LogP contribution in [0, 0.1) is 0 Å². The maximum atomic E-state index is 12.5. The number of amides is 2. The summed E-state index contributed by atoms with van der Waals surface area (Å²) in [6.45, 7) is 0. The number of rotatable bonds is 4. The molecule has 0 fully saturated rings. The molecule has 4 aromatic rings. The molecule has 4 rings (SSSR count). The lowest BCUT2D eigenvalue weighted by Crippen LogP contribution is -2.17. The number of aromatic nitrogens is 2. The lowest BCUT2D eigenvalue weighted by Gasteiger charge is -2.08. The number of hydrogen-bond acceptors (Lipinski definition) is 3. The number of hydrogen-bond donors (Lipinski definition) is 2. The van der Waals surface area contributed by atoms with E-state index in [4.69, 9.17) is 0 Å². The maximum Gasteiger partial charge on any atom is 0.255 e. The van der Waals surface area contributed by atoms with E-state index in [2.05, 4.69) is 15.6 Å². The molecule has 0 atom stereocenters. The van der Waals surface area contributed by atoms with Crippen molar-refractivity contribution >= 4 is 28.5 Å². The number of nitrogens with one attached hydrogen (secondary N) is 2. The number of nitrogens with zero attached hydrogens (tertiary/aromatic N) is 2. The molecule has 138 valence electrons. The van der Waals surface area contributed by atoms with Crippen molar-refractivity contribution < 1.29 is 9.59 Å². The SMILES string of the molecule is CNC(=O)c1ccc(NC(=O)c2ccc(-n3cnc4ccccc43)cc2)cc1. The minimum absolute atomic E-state index is 0.166. The Balaban J connectivity index is 1.50. The first-order valence-corrected chi connectivity index (χ1v) is 8.82. The molecule has 0 aliphatic carbocycles. The first-order chi connectivity index (χ1) is 13.7. The van der Waals surface area contributed by atoms with E-state index in [0.717, 1.165) is 16.7 Å². The second-order valence-corrected chi connectivity index (χ2v) is 6.26. The summed E-state index contributed by atoms with van der Waals surface area (Å²) in [7, 11) is 1.58. The number of carbonyl (C=O) groups is 2. The summed E-state index contributed by atoms with van der Waals surface area (Å²) in [6.07, 6.45) is 1.77.